The van der Waals surface area contributed by atoms with Gasteiger partial charge in [-0.05, 0) is 25.1 Å². The van der Waals surface area contributed by atoms with Crippen molar-refractivity contribution < 1.29 is 19.1 Å². The Balaban J connectivity index is 2.45. The number of amides is 1. The molecule has 0 unspecified atom stereocenters. The van der Waals surface area contributed by atoms with Crippen LogP contribution in [-0.4, -0.2) is 28.8 Å². The molecule has 0 spiro atoms. The number of nitrogens with zero attached hydrogens (tertiary/aromatic N) is 1. The predicted molar refractivity (Wildman–Crippen MR) is 94.3 cm³/mol. The smallest absolute Gasteiger partial charge is 0.278 e. The fourth-order valence-corrected chi connectivity index (χ4v) is 2.50. The van der Waals surface area contributed by atoms with Crippen LogP contribution in [0.4, 0.5) is 15.8 Å². The summed E-state index contributed by atoms with van der Waals surface area (Å²) in [5.74, 6) is -1.18. The molecule has 7 nitrogen and oxygen atoms in total. The molecule has 1 aromatic carbocycles. The van der Waals surface area contributed by atoms with Crippen LogP contribution < -0.4 is 16.4 Å². The summed E-state index contributed by atoms with van der Waals surface area (Å²) in [6, 6.07) is 4.38. The molecule has 0 saturated heterocycles. The number of benzene rings is 1. The van der Waals surface area contributed by atoms with Crippen molar-refractivity contribution in [2.75, 3.05) is 18.5 Å². The minimum absolute atomic E-state index is 0.0827. The minimum Gasteiger partial charge on any atom is -0.394 e. The number of carbonyl (C=O) groups is 1. The van der Waals surface area contributed by atoms with Crippen molar-refractivity contribution in [1.29, 1.82) is 0 Å². The van der Waals surface area contributed by atoms with Crippen LogP contribution in [0.2, 0.25) is 0 Å². The third-order valence-corrected chi connectivity index (χ3v) is 3.90. The van der Waals surface area contributed by atoms with Gasteiger partial charge in [-0.2, -0.15) is 0 Å². The first-order chi connectivity index (χ1) is 11.8. The Bertz CT molecular complexity index is 854. The van der Waals surface area contributed by atoms with E-state index in [9.17, 15) is 14.0 Å². The van der Waals surface area contributed by atoms with Gasteiger partial charge >= 0.3 is 0 Å². The molecule has 0 aliphatic rings. The lowest BCUT2D eigenvalue weighted by molar-refractivity contribution is 0.0168. The maximum Gasteiger partial charge on any atom is 0.278 e. The zero-order chi connectivity index (χ0) is 18.6. The minimum atomic E-state index is -0.632. The van der Waals surface area contributed by atoms with Crippen LogP contribution in [0, 0.1) is 12.7 Å². The molecule has 1 amide bonds. The van der Waals surface area contributed by atoms with Crippen molar-refractivity contribution >= 4 is 33.2 Å². The summed E-state index contributed by atoms with van der Waals surface area (Å²) in [6.07, 6.45) is 1.33. The van der Waals surface area contributed by atoms with Gasteiger partial charge in [-0.1, -0.05) is 15.9 Å². The number of rotatable bonds is 6. The Morgan fingerprint density at radius 3 is 2.80 bits per heavy atom. The molecule has 1 aromatic heterocycles. The third-order valence-electron chi connectivity index (χ3n) is 3.40. The van der Waals surface area contributed by atoms with E-state index in [1.54, 1.807) is 6.07 Å². The molecule has 0 radical (unpaired) electrons. The monoisotopic (exact) mass is 413 g/mol. The lowest BCUT2D eigenvalue weighted by Crippen LogP contribution is -2.29. The maximum atomic E-state index is 14.1. The number of aliphatic hydroxyl groups is 1. The summed E-state index contributed by atoms with van der Waals surface area (Å²) in [5, 5.41) is 11.5. The quantitative estimate of drug-likeness (QED) is 0.497. The van der Waals surface area contributed by atoms with Gasteiger partial charge < -0.3 is 15.0 Å². The molecular weight excluding hydrogens is 397 g/mol. The van der Waals surface area contributed by atoms with Crippen molar-refractivity contribution in [3.8, 4) is 0 Å². The van der Waals surface area contributed by atoms with E-state index in [2.05, 4.69) is 26.7 Å². The van der Waals surface area contributed by atoms with E-state index in [0.29, 0.717) is 4.47 Å². The molecule has 2 rings (SSSR count). The van der Waals surface area contributed by atoms with Gasteiger partial charge in [-0.15, -0.1) is 0 Å². The molecule has 0 aliphatic heterocycles. The predicted octanol–water partition coefficient (Wildman–Crippen LogP) is 1.99. The molecule has 9 heteroatoms. The number of aryl methyl sites for hydroxylation is 1. The number of hydroxylamine groups is 1. The number of nitrogens with one attached hydrogen (secondary N) is 2. The second-order valence-electron chi connectivity index (χ2n) is 5.21. The molecular formula is C16H17BrFN3O4. The number of hydrogen-bond acceptors (Lipinski definition) is 5. The average Bonchev–Trinajstić information content (AvgIpc) is 2.57. The zero-order valence-electron chi connectivity index (χ0n) is 13.6. The summed E-state index contributed by atoms with van der Waals surface area (Å²) >= 11 is 3.17. The Morgan fingerprint density at radius 1 is 1.44 bits per heavy atom. The highest BCUT2D eigenvalue weighted by atomic mass is 79.9. The van der Waals surface area contributed by atoms with Gasteiger partial charge in [0.25, 0.3) is 11.5 Å². The van der Waals surface area contributed by atoms with Gasteiger partial charge in [0.1, 0.15) is 5.82 Å². The number of aromatic nitrogens is 1. The lowest BCUT2D eigenvalue weighted by atomic mass is 10.1. The van der Waals surface area contributed by atoms with Crippen LogP contribution in [0.15, 0.2) is 33.7 Å². The highest BCUT2D eigenvalue weighted by Crippen LogP contribution is 2.26. The Kier molecular flexibility index (Phi) is 6.29. The standard InChI is InChI=1S/C16H17BrFN3O4/c1-9-14(19-13-4-3-10(17)7-12(13)18)11(8-21(2)16(9)24)15(23)20-25-6-5-22/h3-4,7-8,19,22H,5-6H2,1-2H3,(H,20,23). The summed E-state index contributed by atoms with van der Waals surface area (Å²) < 4.78 is 15.9. The first-order valence-electron chi connectivity index (χ1n) is 7.30. The van der Waals surface area contributed by atoms with Gasteiger partial charge in [-0.3, -0.25) is 14.4 Å². The third kappa shape index (κ3) is 4.44. The van der Waals surface area contributed by atoms with Crippen LogP contribution in [0.25, 0.3) is 0 Å². The van der Waals surface area contributed by atoms with Gasteiger partial charge in [-0.25, -0.2) is 9.87 Å². The molecule has 0 bridgehead atoms. The zero-order valence-corrected chi connectivity index (χ0v) is 15.2. The van der Waals surface area contributed by atoms with E-state index in [-0.39, 0.29) is 41.3 Å². The molecule has 3 N–H and O–H groups in total. The van der Waals surface area contributed by atoms with Gasteiger partial charge in [0.05, 0.1) is 30.2 Å². The molecule has 134 valence electrons. The summed E-state index contributed by atoms with van der Waals surface area (Å²) in [5.41, 5.74) is 2.48. The lowest BCUT2D eigenvalue weighted by Gasteiger charge is -2.16. The molecule has 0 atom stereocenters. The highest BCUT2D eigenvalue weighted by molar-refractivity contribution is 9.10. The molecule has 2 aromatic rings. The van der Waals surface area contributed by atoms with E-state index in [1.165, 1.54) is 36.9 Å². The van der Waals surface area contributed by atoms with Gasteiger partial charge in [0.2, 0.25) is 0 Å². The van der Waals surface area contributed by atoms with Gasteiger partial charge in [0.15, 0.2) is 0 Å². The largest absolute Gasteiger partial charge is 0.394 e. The van der Waals surface area contributed by atoms with Crippen LogP contribution in [0.5, 0.6) is 0 Å². The number of hydrogen-bond donors (Lipinski definition) is 3. The Hall–Kier alpha value is -2.23. The fraction of sp³-hybridized carbons (Fsp3) is 0.250. The van der Waals surface area contributed by atoms with E-state index in [4.69, 9.17) is 9.94 Å². The number of aliphatic hydroxyl groups excluding tert-OH is 1. The van der Waals surface area contributed by atoms with Crippen LogP contribution >= 0.6 is 15.9 Å². The van der Waals surface area contributed by atoms with Crippen molar-refractivity contribution in [3.63, 3.8) is 0 Å². The topological polar surface area (TPSA) is 92.6 Å². The van der Waals surface area contributed by atoms with Crippen LogP contribution in [0.1, 0.15) is 15.9 Å². The number of halogens is 2. The van der Waals surface area contributed by atoms with E-state index in [1.807, 2.05) is 0 Å². The van der Waals surface area contributed by atoms with Crippen molar-refractivity contribution in [3.05, 3.63) is 56.2 Å². The molecule has 0 saturated carbocycles. The number of pyridine rings is 1. The fourth-order valence-electron chi connectivity index (χ4n) is 2.17. The van der Waals surface area contributed by atoms with Crippen molar-refractivity contribution in [2.24, 2.45) is 7.05 Å². The van der Waals surface area contributed by atoms with Crippen LogP contribution in [-0.2, 0) is 11.9 Å². The van der Waals surface area contributed by atoms with E-state index in [0.717, 1.165) is 0 Å². The van der Waals surface area contributed by atoms with Gasteiger partial charge in [0, 0.05) is 23.3 Å². The Morgan fingerprint density at radius 2 is 2.16 bits per heavy atom. The number of carbonyl (C=O) groups excluding carboxylic acids is 1. The normalized spacial score (nSPS) is 10.6. The highest BCUT2D eigenvalue weighted by Gasteiger charge is 2.19. The molecule has 1 heterocycles. The second-order valence-corrected chi connectivity index (χ2v) is 6.13. The summed E-state index contributed by atoms with van der Waals surface area (Å²) in [7, 11) is 1.50. The molecule has 0 fully saturated rings. The van der Waals surface area contributed by atoms with Crippen LogP contribution in [0.3, 0.4) is 0 Å². The average molecular weight is 414 g/mol. The first kappa shape index (κ1) is 19.1. The van der Waals surface area contributed by atoms with E-state index < -0.39 is 11.7 Å². The second kappa shape index (κ2) is 8.24. The molecule has 25 heavy (non-hydrogen) atoms. The van der Waals surface area contributed by atoms with Crippen molar-refractivity contribution in [2.45, 2.75) is 6.92 Å². The van der Waals surface area contributed by atoms with E-state index >= 15 is 0 Å². The van der Waals surface area contributed by atoms with Crippen molar-refractivity contribution in [1.82, 2.24) is 10.0 Å². The SMILES string of the molecule is Cc1c(Nc2ccc(Br)cc2F)c(C(=O)NOCCO)cn(C)c1=O. The summed E-state index contributed by atoms with van der Waals surface area (Å²) in [4.78, 5) is 29.3. The first-order valence-corrected chi connectivity index (χ1v) is 8.09. The number of anilines is 2. The Labute approximate surface area is 151 Å². The maximum absolute atomic E-state index is 14.1. The summed E-state index contributed by atoms with van der Waals surface area (Å²) in [6.45, 7) is 1.19. The molecule has 0 aliphatic carbocycles.